The molecule has 1 aliphatic rings. The van der Waals surface area contributed by atoms with E-state index in [0.29, 0.717) is 11.8 Å². The molecular formula is C11H18ClN3. The Bertz CT molecular complexity index is 333. The monoisotopic (exact) mass is 227 g/mol. The molecule has 1 heterocycles. The molecule has 2 N–H and O–H groups in total. The van der Waals surface area contributed by atoms with E-state index in [9.17, 15) is 0 Å². The lowest BCUT2D eigenvalue weighted by molar-refractivity contribution is 0.249. The zero-order chi connectivity index (χ0) is 10.8. The van der Waals surface area contributed by atoms with E-state index in [2.05, 4.69) is 16.7 Å². The molecule has 4 heteroatoms. The molecule has 0 spiro atoms. The molecule has 0 radical (unpaired) electrons. The second-order valence-corrected chi connectivity index (χ2v) is 4.69. The number of aromatic nitrogens is 2. The number of nitrogens with two attached hydrogens (primary N) is 1. The van der Waals surface area contributed by atoms with E-state index in [4.69, 9.17) is 17.3 Å². The predicted molar refractivity (Wildman–Crippen MR) is 62.0 cm³/mol. The Hall–Kier alpha value is -0.540. The molecule has 2 rings (SSSR count). The van der Waals surface area contributed by atoms with Crippen LogP contribution >= 0.6 is 11.6 Å². The van der Waals surface area contributed by atoms with Crippen molar-refractivity contribution in [1.82, 2.24) is 9.78 Å². The van der Waals surface area contributed by atoms with Gasteiger partial charge in [0.15, 0.2) is 0 Å². The summed E-state index contributed by atoms with van der Waals surface area (Å²) in [6, 6.07) is 0. The van der Waals surface area contributed by atoms with Crippen molar-refractivity contribution in [3.05, 3.63) is 16.9 Å². The van der Waals surface area contributed by atoms with Crippen LogP contribution in [0.5, 0.6) is 0 Å². The molecule has 1 aliphatic carbocycles. The largest absolute Gasteiger partial charge is 0.330 e. The normalized spacial score (nSPS) is 25.3. The van der Waals surface area contributed by atoms with Gasteiger partial charge in [-0.05, 0) is 31.7 Å². The van der Waals surface area contributed by atoms with Crippen LogP contribution in [0.25, 0.3) is 0 Å². The third kappa shape index (κ3) is 1.91. The van der Waals surface area contributed by atoms with Crippen LogP contribution < -0.4 is 5.73 Å². The summed E-state index contributed by atoms with van der Waals surface area (Å²) in [4.78, 5) is 0. The fraction of sp³-hybridized carbons (Fsp3) is 0.727. The van der Waals surface area contributed by atoms with Crippen molar-refractivity contribution in [2.45, 2.75) is 38.6 Å². The van der Waals surface area contributed by atoms with Crippen molar-refractivity contribution < 1.29 is 0 Å². The predicted octanol–water partition coefficient (Wildman–Crippen LogP) is 2.40. The van der Waals surface area contributed by atoms with E-state index in [-0.39, 0.29) is 0 Å². The van der Waals surface area contributed by atoms with Crippen molar-refractivity contribution >= 4 is 11.6 Å². The van der Waals surface area contributed by atoms with Gasteiger partial charge in [0.2, 0.25) is 0 Å². The average molecular weight is 228 g/mol. The molecule has 0 bridgehead atoms. The first-order chi connectivity index (χ1) is 7.27. The highest BCUT2D eigenvalue weighted by Crippen LogP contribution is 2.44. The number of halogens is 1. The molecule has 0 aliphatic heterocycles. The summed E-state index contributed by atoms with van der Waals surface area (Å²) in [7, 11) is 0. The van der Waals surface area contributed by atoms with Gasteiger partial charge in [-0.1, -0.05) is 18.5 Å². The van der Waals surface area contributed by atoms with Crippen LogP contribution in [0.3, 0.4) is 0 Å². The van der Waals surface area contributed by atoms with E-state index in [1.807, 2.05) is 0 Å². The minimum atomic E-state index is 0.538. The maximum atomic E-state index is 6.19. The molecule has 3 nitrogen and oxygen atoms in total. The summed E-state index contributed by atoms with van der Waals surface area (Å²) in [5.41, 5.74) is 6.94. The molecular weight excluding hydrogens is 210 g/mol. The summed E-state index contributed by atoms with van der Waals surface area (Å²) in [5, 5.41) is 5.13. The second kappa shape index (κ2) is 4.54. The van der Waals surface area contributed by atoms with Gasteiger partial charge in [-0.25, -0.2) is 0 Å². The fourth-order valence-electron chi connectivity index (χ4n) is 2.34. The summed E-state index contributed by atoms with van der Waals surface area (Å²) >= 11 is 6.19. The quantitative estimate of drug-likeness (QED) is 0.859. The summed E-state index contributed by atoms with van der Waals surface area (Å²) in [6.07, 6.45) is 5.29. The molecule has 1 fully saturated rings. The van der Waals surface area contributed by atoms with Gasteiger partial charge in [-0.15, -0.1) is 0 Å². The number of nitrogens with zero attached hydrogens (tertiary/aromatic N) is 2. The van der Waals surface area contributed by atoms with Crippen LogP contribution in [0, 0.1) is 5.92 Å². The lowest BCUT2D eigenvalue weighted by atomic mass is 9.72. The molecule has 0 aromatic carbocycles. The Morgan fingerprint density at radius 3 is 2.93 bits per heavy atom. The van der Waals surface area contributed by atoms with Crippen molar-refractivity contribution in [1.29, 1.82) is 0 Å². The smallest absolute Gasteiger partial charge is 0.0820 e. The van der Waals surface area contributed by atoms with Crippen LogP contribution in [0.1, 0.15) is 37.8 Å². The van der Waals surface area contributed by atoms with E-state index in [0.717, 1.165) is 24.5 Å². The van der Waals surface area contributed by atoms with Crippen LogP contribution in [0.15, 0.2) is 6.20 Å². The van der Waals surface area contributed by atoms with E-state index in [1.54, 1.807) is 6.20 Å². The third-order valence-electron chi connectivity index (χ3n) is 3.34. The molecule has 0 saturated heterocycles. The molecule has 0 amide bonds. The van der Waals surface area contributed by atoms with E-state index in [1.165, 1.54) is 18.5 Å². The summed E-state index contributed by atoms with van der Waals surface area (Å²) in [6.45, 7) is 3.87. The number of hydrogen-bond donors (Lipinski definition) is 1. The highest BCUT2D eigenvalue weighted by molar-refractivity contribution is 6.31. The number of hydrogen-bond acceptors (Lipinski definition) is 2. The lowest BCUT2D eigenvalue weighted by Crippen LogP contribution is -2.32. The number of rotatable bonds is 4. The standard InChI is InChI=1S/C11H18ClN3/c1-2-5-15-11(10(12)7-14-15)9-4-3-8(9)6-13/h7-9H,2-6,13H2,1H3. The number of aryl methyl sites for hydroxylation is 1. The molecule has 1 aromatic rings. The summed E-state index contributed by atoms with van der Waals surface area (Å²) in [5.74, 6) is 1.14. The molecule has 2 atom stereocenters. The maximum Gasteiger partial charge on any atom is 0.0820 e. The first kappa shape index (κ1) is 11.0. The van der Waals surface area contributed by atoms with Crippen LogP contribution in [0.2, 0.25) is 5.02 Å². The first-order valence-electron chi connectivity index (χ1n) is 5.69. The fourth-order valence-corrected chi connectivity index (χ4v) is 2.62. The van der Waals surface area contributed by atoms with E-state index >= 15 is 0 Å². The highest BCUT2D eigenvalue weighted by Gasteiger charge is 2.34. The van der Waals surface area contributed by atoms with Gasteiger partial charge in [0, 0.05) is 12.5 Å². The second-order valence-electron chi connectivity index (χ2n) is 4.28. The van der Waals surface area contributed by atoms with Crippen molar-refractivity contribution in [3.8, 4) is 0 Å². The zero-order valence-corrected chi connectivity index (χ0v) is 9.87. The minimum absolute atomic E-state index is 0.538. The van der Waals surface area contributed by atoms with Crippen molar-refractivity contribution in [2.24, 2.45) is 11.7 Å². The van der Waals surface area contributed by atoms with Gasteiger partial charge in [0.05, 0.1) is 16.9 Å². The van der Waals surface area contributed by atoms with Crippen molar-refractivity contribution in [2.75, 3.05) is 6.54 Å². The molecule has 1 saturated carbocycles. The van der Waals surface area contributed by atoms with E-state index < -0.39 is 0 Å². The maximum absolute atomic E-state index is 6.19. The van der Waals surface area contributed by atoms with Crippen LogP contribution in [-0.2, 0) is 6.54 Å². The topological polar surface area (TPSA) is 43.8 Å². The molecule has 15 heavy (non-hydrogen) atoms. The molecule has 84 valence electrons. The lowest BCUT2D eigenvalue weighted by Gasteiger charge is -2.36. The van der Waals surface area contributed by atoms with Gasteiger partial charge in [0.25, 0.3) is 0 Å². The van der Waals surface area contributed by atoms with Crippen LogP contribution in [0.4, 0.5) is 0 Å². The Kier molecular flexibility index (Phi) is 3.32. The SMILES string of the molecule is CCCn1ncc(Cl)c1C1CCC1CN. The van der Waals surface area contributed by atoms with Gasteiger partial charge in [0.1, 0.15) is 0 Å². The minimum Gasteiger partial charge on any atom is -0.330 e. The van der Waals surface area contributed by atoms with Gasteiger partial charge < -0.3 is 5.73 Å². The Morgan fingerprint density at radius 1 is 1.60 bits per heavy atom. The Morgan fingerprint density at radius 2 is 2.40 bits per heavy atom. The average Bonchev–Trinajstić information content (AvgIpc) is 2.50. The molecule has 2 unspecified atom stereocenters. The van der Waals surface area contributed by atoms with Gasteiger partial charge in [-0.3, -0.25) is 4.68 Å². The Balaban J connectivity index is 2.22. The van der Waals surface area contributed by atoms with Crippen LogP contribution in [-0.4, -0.2) is 16.3 Å². The molecule has 1 aromatic heterocycles. The van der Waals surface area contributed by atoms with Crippen molar-refractivity contribution in [3.63, 3.8) is 0 Å². The third-order valence-corrected chi connectivity index (χ3v) is 3.63. The zero-order valence-electron chi connectivity index (χ0n) is 9.12. The first-order valence-corrected chi connectivity index (χ1v) is 6.07. The van der Waals surface area contributed by atoms with Gasteiger partial charge in [-0.2, -0.15) is 5.10 Å². The highest BCUT2D eigenvalue weighted by atomic mass is 35.5. The Labute approximate surface area is 95.6 Å². The summed E-state index contributed by atoms with van der Waals surface area (Å²) < 4.78 is 2.05. The van der Waals surface area contributed by atoms with Gasteiger partial charge >= 0.3 is 0 Å².